The normalized spacial score (nSPS) is 18.8. The van der Waals surface area contributed by atoms with Gasteiger partial charge in [-0.3, -0.25) is 5.32 Å². The Morgan fingerprint density at radius 3 is 2.65 bits per heavy atom. The van der Waals surface area contributed by atoms with E-state index in [-0.39, 0.29) is 5.97 Å². The van der Waals surface area contributed by atoms with E-state index in [1.165, 1.54) is 12.8 Å². The number of hydrogen-bond donors (Lipinski definition) is 1. The number of carbonyl (C=O) groups excluding carboxylic acids is 1. The molecule has 0 radical (unpaired) electrons. The highest BCUT2D eigenvalue weighted by Gasteiger charge is 2.40. The van der Waals surface area contributed by atoms with Crippen molar-refractivity contribution in [2.45, 2.75) is 51.1 Å². The zero-order chi connectivity index (χ0) is 14.6. The molecule has 110 valence electrons. The van der Waals surface area contributed by atoms with Crippen molar-refractivity contribution in [2.75, 3.05) is 6.61 Å². The molecule has 0 aromatic heterocycles. The van der Waals surface area contributed by atoms with E-state index in [0.29, 0.717) is 17.7 Å². The van der Waals surface area contributed by atoms with E-state index in [0.717, 1.165) is 18.4 Å². The topological polar surface area (TPSA) is 38.3 Å². The molecule has 0 heterocycles. The zero-order valence-corrected chi connectivity index (χ0v) is 12.9. The maximum absolute atomic E-state index is 12.5. The lowest BCUT2D eigenvalue weighted by atomic mass is 9.90. The first-order valence-corrected chi connectivity index (χ1v) is 7.65. The second-order valence-electron chi connectivity index (χ2n) is 5.45. The summed E-state index contributed by atoms with van der Waals surface area (Å²) in [4.78, 5) is 12.5. The minimum absolute atomic E-state index is 0.264. The summed E-state index contributed by atoms with van der Waals surface area (Å²) < 4.78 is 5.27. The van der Waals surface area contributed by atoms with Crippen LogP contribution in [0, 0.1) is 0 Å². The van der Waals surface area contributed by atoms with Crippen molar-refractivity contribution in [1.82, 2.24) is 5.32 Å². The lowest BCUT2D eigenvalue weighted by molar-refractivity contribution is -0.151. The summed E-state index contributed by atoms with van der Waals surface area (Å²) in [5.74, 6) is -0.264. The number of halogens is 1. The predicted molar refractivity (Wildman–Crippen MR) is 80.8 cm³/mol. The van der Waals surface area contributed by atoms with Gasteiger partial charge in [-0.1, -0.05) is 42.6 Å². The van der Waals surface area contributed by atoms with Gasteiger partial charge in [-0.15, -0.1) is 0 Å². The van der Waals surface area contributed by atoms with Crippen LogP contribution in [0.5, 0.6) is 0 Å². The number of benzene rings is 1. The molecule has 0 spiro atoms. The van der Waals surface area contributed by atoms with Crippen molar-refractivity contribution in [3.63, 3.8) is 0 Å². The van der Waals surface area contributed by atoms with Crippen LogP contribution in [0.15, 0.2) is 24.3 Å². The van der Waals surface area contributed by atoms with Crippen LogP contribution >= 0.6 is 11.6 Å². The molecular weight excluding hydrogens is 274 g/mol. The Morgan fingerprint density at radius 2 is 2.05 bits per heavy atom. The lowest BCUT2D eigenvalue weighted by Crippen LogP contribution is -2.51. The molecule has 0 bridgehead atoms. The third kappa shape index (κ3) is 3.15. The van der Waals surface area contributed by atoms with Gasteiger partial charge in [-0.2, -0.15) is 0 Å². The Kier molecular flexibility index (Phi) is 5.06. The van der Waals surface area contributed by atoms with Gasteiger partial charge in [0.05, 0.1) is 6.61 Å². The Balaban J connectivity index is 2.32. The SMILES string of the molecule is CCOC(=O)C(C)(NC1CCCC1)c1ccccc1Cl. The van der Waals surface area contributed by atoms with E-state index in [1.807, 2.05) is 38.1 Å². The van der Waals surface area contributed by atoms with Crippen molar-refractivity contribution >= 4 is 17.6 Å². The molecule has 1 aromatic rings. The smallest absolute Gasteiger partial charge is 0.330 e. The van der Waals surface area contributed by atoms with E-state index in [9.17, 15) is 4.79 Å². The molecule has 1 aliphatic carbocycles. The molecule has 1 unspecified atom stereocenters. The van der Waals surface area contributed by atoms with Crippen molar-refractivity contribution in [1.29, 1.82) is 0 Å². The minimum Gasteiger partial charge on any atom is -0.464 e. The third-order valence-electron chi connectivity index (χ3n) is 3.94. The molecule has 2 rings (SSSR count). The van der Waals surface area contributed by atoms with Crippen LogP contribution in [-0.2, 0) is 15.1 Å². The highest BCUT2D eigenvalue weighted by atomic mass is 35.5. The molecule has 1 aliphatic rings. The molecule has 1 saturated carbocycles. The molecule has 4 heteroatoms. The third-order valence-corrected chi connectivity index (χ3v) is 4.27. The standard InChI is InChI=1S/C16H22ClNO2/c1-3-20-15(19)16(2,18-12-8-4-5-9-12)13-10-6-7-11-14(13)17/h6-7,10-12,18H,3-5,8-9H2,1-2H3. The van der Waals surface area contributed by atoms with Crippen LogP contribution in [0.4, 0.5) is 0 Å². The van der Waals surface area contributed by atoms with Gasteiger partial charge in [0.1, 0.15) is 5.54 Å². The molecule has 1 aromatic carbocycles. The molecule has 1 N–H and O–H groups in total. The van der Waals surface area contributed by atoms with Crippen molar-refractivity contribution < 1.29 is 9.53 Å². The van der Waals surface area contributed by atoms with Gasteiger partial charge in [0.25, 0.3) is 0 Å². The molecule has 0 saturated heterocycles. The van der Waals surface area contributed by atoms with Crippen molar-refractivity contribution in [3.8, 4) is 0 Å². The van der Waals surface area contributed by atoms with Crippen LogP contribution in [0.3, 0.4) is 0 Å². The van der Waals surface area contributed by atoms with Crippen molar-refractivity contribution in [3.05, 3.63) is 34.9 Å². The molecule has 1 atom stereocenters. The molecule has 0 aliphatic heterocycles. The fourth-order valence-electron chi connectivity index (χ4n) is 2.87. The van der Waals surface area contributed by atoms with Gasteiger partial charge in [0, 0.05) is 16.6 Å². The fraction of sp³-hybridized carbons (Fsp3) is 0.562. The summed E-state index contributed by atoms with van der Waals surface area (Å²) in [5, 5.41) is 4.07. The van der Waals surface area contributed by atoms with E-state index in [1.54, 1.807) is 0 Å². The minimum atomic E-state index is -0.886. The van der Waals surface area contributed by atoms with Crippen LogP contribution in [0.1, 0.15) is 45.1 Å². The molecule has 3 nitrogen and oxygen atoms in total. The molecule has 0 amide bonds. The summed E-state index contributed by atoms with van der Waals surface area (Å²) in [6.07, 6.45) is 4.61. The first-order chi connectivity index (χ1) is 9.58. The number of carbonyl (C=O) groups is 1. The number of esters is 1. The predicted octanol–water partition coefficient (Wildman–Crippen LogP) is 3.65. The molecular formula is C16H22ClNO2. The number of ether oxygens (including phenoxy) is 1. The van der Waals surface area contributed by atoms with Crippen molar-refractivity contribution in [2.24, 2.45) is 0 Å². The van der Waals surface area contributed by atoms with Crippen LogP contribution < -0.4 is 5.32 Å². The van der Waals surface area contributed by atoms with E-state index in [2.05, 4.69) is 5.32 Å². The quantitative estimate of drug-likeness (QED) is 0.843. The number of nitrogens with one attached hydrogen (secondary N) is 1. The second kappa shape index (κ2) is 6.59. The highest BCUT2D eigenvalue weighted by Crippen LogP contribution is 2.32. The zero-order valence-electron chi connectivity index (χ0n) is 12.1. The van der Waals surface area contributed by atoms with E-state index >= 15 is 0 Å². The van der Waals surface area contributed by atoms with Gasteiger partial charge in [-0.25, -0.2) is 4.79 Å². The lowest BCUT2D eigenvalue weighted by Gasteiger charge is -2.32. The summed E-state index contributed by atoms with van der Waals surface area (Å²) in [6, 6.07) is 7.81. The fourth-order valence-corrected chi connectivity index (χ4v) is 3.19. The highest BCUT2D eigenvalue weighted by molar-refractivity contribution is 6.31. The van der Waals surface area contributed by atoms with E-state index in [4.69, 9.17) is 16.3 Å². The number of rotatable bonds is 5. The van der Waals surface area contributed by atoms with Gasteiger partial charge in [-0.05, 0) is 32.8 Å². The largest absolute Gasteiger partial charge is 0.464 e. The number of hydrogen-bond acceptors (Lipinski definition) is 3. The molecule has 20 heavy (non-hydrogen) atoms. The average molecular weight is 296 g/mol. The maximum atomic E-state index is 12.5. The average Bonchev–Trinajstić information content (AvgIpc) is 2.92. The summed E-state index contributed by atoms with van der Waals surface area (Å²) >= 11 is 6.29. The Hall–Kier alpha value is -1.06. The van der Waals surface area contributed by atoms with Gasteiger partial charge in [0.15, 0.2) is 0 Å². The summed E-state index contributed by atoms with van der Waals surface area (Å²) in [7, 11) is 0. The first kappa shape index (κ1) is 15.3. The molecule has 1 fully saturated rings. The van der Waals surface area contributed by atoms with Gasteiger partial charge >= 0.3 is 5.97 Å². The van der Waals surface area contributed by atoms with E-state index < -0.39 is 5.54 Å². The van der Waals surface area contributed by atoms with Gasteiger partial charge < -0.3 is 4.74 Å². The van der Waals surface area contributed by atoms with Crippen LogP contribution in [0.25, 0.3) is 0 Å². The Labute approximate surface area is 125 Å². The first-order valence-electron chi connectivity index (χ1n) is 7.28. The summed E-state index contributed by atoms with van der Waals surface area (Å²) in [6.45, 7) is 4.05. The maximum Gasteiger partial charge on any atom is 0.330 e. The van der Waals surface area contributed by atoms with Gasteiger partial charge in [0.2, 0.25) is 0 Å². The monoisotopic (exact) mass is 295 g/mol. The Morgan fingerprint density at radius 1 is 1.40 bits per heavy atom. The van der Waals surface area contributed by atoms with Crippen LogP contribution in [0.2, 0.25) is 5.02 Å². The second-order valence-corrected chi connectivity index (χ2v) is 5.86. The van der Waals surface area contributed by atoms with Crippen LogP contribution in [-0.4, -0.2) is 18.6 Å². The summed E-state index contributed by atoms with van der Waals surface area (Å²) in [5.41, 5.74) is -0.101. The Bertz CT molecular complexity index is 471.